The average molecular weight is 309 g/mol. The second-order valence-electron chi connectivity index (χ2n) is 5.42. The van der Waals surface area contributed by atoms with Gasteiger partial charge in [-0.3, -0.25) is 0 Å². The van der Waals surface area contributed by atoms with Crippen molar-refractivity contribution in [2.24, 2.45) is 0 Å². The van der Waals surface area contributed by atoms with Crippen molar-refractivity contribution in [3.05, 3.63) is 94.5 Å². The van der Waals surface area contributed by atoms with E-state index in [0.717, 1.165) is 22.3 Å². The maximum atomic E-state index is 10.6. The Balaban J connectivity index is 2.01. The van der Waals surface area contributed by atoms with E-state index in [4.69, 9.17) is 11.6 Å². The van der Waals surface area contributed by atoms with Gasteiger partial charge in [-0.25, -0.2) is 0 Å². The average Bonchev–Trinajstić information content (AvgIpc) is 2.56. The summed E-state index contributed by atoms with van der Waals surface area (Å²) in [6, 6.07) is 23.5. The molecule has 0 heterocycles. The fraction of sp³-hybridized carbons (Fsp3) is 0.100. The molecular formula is C20H17ClO. The minimum absolute atomic E-state index is 0.650. The van der Waals surface area contributed by atoms with Crippen molar-refractivity contribution in [3.8, 4) is 11.1 Å². The first kappa shape index (κ1) is 14.8. The summed E-state index contributed by atoms with van der Waals surface area (Å²) in [6.07, 6.45) is -0.650. The predicted octanol–water partition coefficient (Wildman–Crippen LogP) is 5.40. The minimum Gasteiger partial charge on any atom is -0.384 e. The summed E-state index contributed by atoms with van der Waals surface area (Å²) in [4.78, 5) is 0. The summed E-state index contributed by atoms with van der Waals surface area (Å²) >= 11 is 6.34. The smallest absolute Gasteiger partial charge is 0.104 e. The Bertz CT molecular complexity index is 763. The van der Waals surface area contributed by atoms with Gasteiger partial charge in [-0.1, -0.05) is 77.8 Å². The summed E-state index contributed by atoms with van der Waals surface area (Å²) < 4.78 is 0. The summed E-state index contributed by atoms with van der Waals surface area (Å²) in [5, 5.41) is 11.2. The lowest BCUT2D eigenvalue weighted by Crippen LogP contribution is -1.99. The molecule has 110 valence electrons. The van der Waals surface area contributed by atoms with E-state index < -0.39 is 6.10 Å². The molecule has 1 unspecified atom stereocenters. The van der Waals surface area contributed by atoms with Gasteiger partial charge in [0.05, 0.1) is 0 Å². The predicted molar refractivity (Wildman–Crippen MR) is 92.1 cm³/mol. The van der Waals surface area contributed by atoms with Crippen LogP contribution in [0.15, 0.2) is 72.8 Å². The number of hydrogen-bond acceptors (Lipinski definition) is 1. The van der Waals surface area contributed by atoms with Crippen molar-refractivity contribution in [3.63, 3.8) is 0 Å². The number of benzene rings is 3. The van der Waals surface area contributed by atoms with Crippen LogP contribution in [0.25, 0.3) is 11.1 Å². The number of halogens is 1. The molecule has 1 atom stereocenters. The largest absolute Gasteiger partial charge is 0.384 e. The molecule has 0 saturated heterocycles. The third kappa shape index (κ3) is 3.06. The van der Waals surface area contributed by atoms with E-state index in [9.17, 15) is 5.11 Å². The van der Waals surface area contributed by atoms with Gasteiger partial charge in [0.2, 0.25) is 0 Å². The first-order valence-electron chi connectivity index (χ1n) is 7.24. The van der Waals surface area contributed by atoms with Crippen LogP contribution in [-0.2, 0) is 0 Å². The summed E-state index contributed by atoms with van der Waals surface area (Å²) in [5.41, 5.74) is 4.91. The van der Waals surface area contributed by atoms with Crippen LogP contribution < -0.4 is 0 Å². The lowest BCUT2D eigenvalue weighted by molar-refractivity contribution is 0.220. The molecule has 0 amide bonds. The van der Waals surface area contributed by atoms with Gasteiger partial charge < -0.3 is 5.11 Å². The molecule has 22 heavy (non-hydrogen) atoms. The maximum absolute atomic E-state index is 10.6. The normalized spacial score (nSPS) is 12.1. The van der Waals surface area contributed by atoms with Crippen LogP contribution in [-0.4, -0.2) is 5.11 Å². The Labute approximate surface area is 135 Å². The zero-order valence-electron chi connectivity index (χ0n) is 12.3. The molecule has 0 aliphatic rings. The van der Waals surface area contributed by atoms with Crippen LogP contribution in [0.3, 0.4) is 0 Å². The first-order chi connectivity index (χ1) is 10.6. The second-order valence-corrected chi connectivity index (χ2v) is 5.83. The minimum atomic E-state index is -0.650. The molecule has 0 aliphatic heterocycles. The SMILES string of the molecule is Cc1ccc(-c2cc(C(O)c3ccccc3)ccc2Cl)cc1. The fourth-order valence-electron chi connectivity index (χ4n) is 2.50. The number of rotatable bonds is 3. The van der Waals surface area contributed by atoms with Gasteiger partial charge in [0, 0.05) is 10.6 Å². The Morgan fingerprint density at radius 2 is 1.50 bits per heavy atom. The Kier molecular flexibility index (Phi) is 4.28. The van der Waals surface area contributed by atoms with Crippen molar-refractivity contribution in [1.29, 1.82) is 0 Å². The molecule has 0 aliphatic carbocycles. The van der Waals surface area contributed by atoms with Crippen molar-refractivity contribution < 1.29 is 5.11 Å². The van der Waals surface area contributed by atoms with Crippen LogP contribution >= 0.6 is 11.6 Å². The third-order valence-corrected chi connectivity index (χ3v) is 4.11. The summed E-state index contributed by atoms with van der Waals surface area (Å²) in [7, 11) is 0. The van der Waals surface area contributed by atoms with Crippen LogP contribution in [0.5, 0.6) is 0 Å². The van der Waals surface area contributed by atoms with E-state index in [1.807, 2.05) is 48.5 Å². The topological polar surface area (TPSA) is 20.2 Å². The van der Waals surface area contributed by atoms with Crippen molar-refractivity contribution >= 4 is 11.6 Å². The molecule has 1 nitrogen and oxygen atoms in total. The van der Waals surface area contributed by atoms with Crippen LogP contribution in [0, 0.1) is 6.92 Å². The lowest BCUT2D eigenvalue weighted by atomic mass is 9.96. The molecular weight excluding hydrogens is 292 g/mol. The molecule has 0 radical (unpaired) electrons. The highest BCUT2D eigenvalue weighted by molar-refractivity contribution is 6.33. The van der Waals surface area contributed by atoms with Gasteiger partial charge >= 0.3 is 0 Å². The van der Waals surface area contributed by atoms with E-state index in [1.165, 1.54) is 5.56 Å². The summed E-state index contributed by atoms with van der Waals surface area (Å²) in [6.45, 7) is 2.06. The number of aryl methyl sites for hydroxylation is 1. The molecule has 0 aromatic heterocycles. The van der Waals surface area contributed by atoms with E-state index >= 15 is 0 Å². The van der Waals surface area contributed by atoms with Gasteiger partial charge in [0.25, 0.3) is 0 Å². The molecule has 0 saturated carbocycles. The number of hydrogen-bond donors (Lipinski definition) is 1. The molecule has 2 heteroatoms. The molecule has 0 bridgehead atoms. The van der Waals surface area contributed by atoms with Crippen LogP contribution in [0.1, 0.15) is 22.8 Å². The maximum Gasteiger partial charge on any atom is 0.104 e. The third-order valence-electron chi connectivity index (χ3n) is 3.78. The monoisotopic (exact) mass is 308 g/mol. The van der Waals surface area contributed by atoms with Crippen molar-refractivity contribution in [2.45, 2.75) is 13.0 Å². The molecule has 3 aromatic carbocycles. The van der Waals surface area contributed by atoms with Crippen molar-refractivity contribution in [1.82, 2.24) is 0 Å². The number of aliphatic hydroxyl groups excluding tert-OH is 1. The van der Waals surface area contributed by atoms with Gasteiger partial charge in [0.15, 0.2) is 0 Å². The molecule has 3 rings (SSSR count). The first-order valence-corrected chi connectivity index (χ1v) is 7.62. The Morgan fingerprint density at radius 1 is 0.818 bits per heavy atom. The van der Waals surface area contributed by atoms with Crippen molar-refractivity contribution in [2.75, 3.05) is 0 Å². The molecule has 1 N–H and O–H groups in total. The quantitative estimate of drug-likeness (QED) is 0.687. The van der Waals surface area contributed by atoms with Crippen LogP contribution in [0.2, 0.25) is 5.02 Å². The summed E-state index contributed by atoms with van der Waals surface area (Å²) in [5.74, 6) is 0. The highest BCUT2D eigenvalue weighted by Gasteiger charge is 2.13. The van der Waals surface area contributed by atoms with Gasteiger partial charge in [-0.2, -0.15) is 0 Å². The van der Waals surface area contributed by atoms with E-state index in [0.29, 0.717) is 5.02 Å². The zero-order valence-corrected chi connectivity index (χ0v) is 13.1. The number of aliphatic hydroxyl groups is 1. The molecule has 0 fully saturated rings. The fourth-order valence-corrected chi connectivity index (χ4v) is 2.72. The molecule has 0 spiro atoms. The van der Waals surface area contributed by atoms with E-state index in [-0.39, 0.29) is 0 Å². The zero-order chi connectivity index (χ0) is 15.5. The highest BCUT2D eigenvalue weighted by atomic mass is 35.5. The molecule has 3 aromatic rings. The van der Waals surface area contributed by atoms with Gasteiger partial charge in [-0.05, 0) is 35.7 Å². The second kappa shape index (κ2) is 6.35. The van der Waals surface area contributed by atoms with Crippen LogP contribution in [0.4, 0.5) is 0 Å². The Morgan fingerprint density at radius 3 is 2.18 bits per heavy atom. The van der Waals surface area contributed by atoms with Gasteiger partial charge in [0.1, 0.15) is 6.10 Å². The Hall–Kier alpha value is -2.09. The van der Waals surface area contributed by atoms with Gasteiger partial charge in [-0.15, -0.1) is 0 Å². The van der Waals surface area contributed by atoms with E-state index in [1.54, 1.807) is 0 Å². The standard InChI is InChI=1S/C20H17ClO/c1-14-7-9-15(10-8-14)18-13-17(11-12-19(18)21)20(22)16-5-3-2-4-6-16/h2-13,20,22H,1H3. The van der Waals surface area contributed by atoms with E-state index in [2.05, 4.69) is 31.2 Å². The highest BCUT2D eigenvalue weighted by Crippen LogP contribution is 2.32. The lowest BCUT2D eigenvalue weighted by Gasteiger charge is -2.14.